The van der Waals surface area contributed by atoms with Crippen LogP contribution in [0.3, 0.4) is 0 Å². The third-order valence-electron chi connectivity index (χ3n) is 5.84. The third kappa shape index (κ3) is 10.1. The Bertz CT molecular complexity index is 1350. The van der Waals surface area contributed by atoms with Gasteiger partial charge in [-0.05, 0) is 35.7 Å². The van der Waals surface area contributed by atoms with Gasteiger partial charge in [-0.1, -0.05) is 54.6 Å². The van der Waals surface area contributed by atoms with Gasteiger partial charge in [0.05, 0.1) is 12.1 Å². The number of ether oxygens (including phenoxy) is 2. The minimum absolute atomic E-state index is 0.0507. The average molecular weight is 565 g/mol. The number of benzene rings is 3. The number of aromatic hydroxyl groups is 1. The van der Waals surface area contributed by atoms with Crippen molar-refractivity contribution in [3.63, 3.8) is 0 Å². The molecular formula is C29H32N4O8. The molecule has 1 atom stereocenters. The highest BCUT2D eigenvalue weighted by Crippen LogP contribution is 2.23. The number of phenolic OH excluding ortho intramolecular Hbond substituents is 1. The van der Waals surface area contributed by atoms with Gasteiger partial charge in [-0.25, -0.2) is 14.4 Å². The molecule has 0 saturated heterocycles. The zero-order valence-corrected chi connectivity index (χ0v) is 22.4. The first kappa shape index (κ1) is 30.3. The number of carbonyl (C=O) groups excluding carboxylic acids is 3. The van der Waals surface area contributed by atoms with Crippen LogP contribution in [-0.4, -0.2) is 60.0 Å². The van der Waals surface area contributed by atoms with E-state index in [4.69, 9.17) is 9.47 Å². The summed E-state index contributed by atoms with van der Waals surface area (Å²) in [5.74, 6) is -2.28. The molecule has 6 N–H and O–H groups in total. The van der Waals surface area contributed by atoms with Crippen molar-refractivity contribution in [1.82, 2.24) is 21.3 Å². The molecule has 0 spiro atoms. The molecule has 3 aromatic carbocycles. The summed E-state index contributed by atoms with van der Waals surface area (Å²) in [5.41, 5.74) is 2.68. The van der Waals surface area contributed by atoms with E-state index in [-0.39, 0.29) is 37.1 Å². The molecule has 12 nitrogen and oxygen atoms in total. The first-order chi connectivity index (χ1) is 19.7. The van der Waals surface area contributed by atoms with Gasteiger partial charge in [-0.15, -0.1) is 0 Å². The maximum atomic E-state index is 12.5. The number of aliphatic carboxylic acids is 1. The van der Waals surface area contributed by atoms with Gasteiger partial charge < -0.3 is 41.0 Å². The Hall–Kier alpha value is -5.26. The van der Waals surface area contributed by atoms with Crippen molar-refractivity contribution in [2.45, 2.75) is 26.1 Å². The van der Waals surface area contributed by atoms with Gasteiger partial charge in [0.1, 0.15) is 30.8 Å². The van der Waals surface area contributed by atoms with Crippen LogP contribution >= 0.6 is 0 Å². The van der Waals surface area contributed by atoms with Crippen molar-refractivity contribution in [2.24, 2.45) is 0 Å². The Morgan fingerprint density at radius 1 is 0.902 bits per heavy atom. The van der Waals surface area contributed by atoms with Crippen LogP contribution in [-0.2, 0) is 22.7 Å². The largest absolute Gasteiger partial charge is 0.507 e. The molecule has 0 aromatic heterocycles. The summed E-state index contributed by atoms with van der Waals surface area (Å²) in [6.45, 7) is 2.14. The number of nitrogens with one attached hydrogen (secondary N) is 4. The van der Waals surface area contributed by atoms with E-state index in [0.717, 1.165) is 16.7 Å². The molecule has 0 bridgehead atoms. The van der Waals surface area contributed by atoms with E-state index in [9.17, 15) is 29.4 Å². The predicted molar refractivity (Wildman–Crippen MR) is 149 cm³/mol. The molecule has 41 heavy (non-hydrogen) atoms. The number of carboxylic acid groups (broad SMARTS) is 1. The minimum atomic E-state index is -1.46. The standard InChI is InChI=1S/C29H32N4O8/c1-19-7-5-6-10-21(19)16-32-28(38)30-13-14-40-22-11-12-23(25(34)15-22)26(35)31-17-24(27(36)37)33-29(39)41-18-20-8-3-2-4-9-20/h2-12,15,24,34H,13-14,16-18H2,1H3,(H,31,35)(H,33,39)(H,36,37)(H2,30,32,38)/t24-/m0/s1. The summed E-state index contributed by atoms with van der Waals surface area (Å²) in [7, 11) is 0. The average Bonchev–Trinajstić information content (AvgIpc) is 2.96. The molecule has 216 valence electrons. The van der Waals surface area contributed by atoms with E-state index < -0.39 is 36.3 Å². The molecule has 3 rings (SSSR count). The van der Waals surface area contributed by atoms with E-state index >= 15 is 0 Å². The smallest absolute Gasteiger partial charge is 0.408 e. The van der Waals surface area contributed by atoms with Crippen LogP contribution in [0.1, 0.15) is 27.0 Å². The molecule has 0 unspecified atom stereocenters. The second-order valence-corrected chi connectivity index (χ2v) is 8.87. The summed E-state index contributed by atoms with van der Waals surface area (Å²) in [4.78, 5) is 48.0. The minimum Gasteiger partial charge on any atom is -0.507 e. The van der Waals surface area contributed by atoms with Crippen LogP contribution in [0.25, 0.3) is 0 Å². The van der Waals surface area contributed by atoms with Crippen molar-refractivity contribution < 1.29 is 38.9 Å². The lowest BCUT2D eigenvalue weighted by Crippen LogP contribution is -2.48. The second kappa shape index (κ2) is 15.4. The van der Waals surface area contributed by atoms with Gasteiger partial charge in [0, 0.05) is 19.2 Å². The van der Waals surface area contributed by atoms with E-state index in [1.54, 1.807) is 30.3 Å². The summed E-state index contributed by atoms with van der Waals surface area (Å²) >= 11 is 0. The van der Waals surface area contributed by atoms with Gasteiger partial charge in [-0.2, -0.15) is 0 Å². The summed E-state index contributed by atoms with van der Waals surface area (Å²) in [5, 5.41) is 29.6. The Labute approximate surface area is 236 Å². The maximum absolute atomic E-state index is 12.5. The Morgan fingerprint density at radius 2 is 1.63 bits per heavy atom. The quantitative estimate of drug-likeness (QED) is 0.172. The monoisotopic (exact) mass is 564 g/mol. The molecule has 0 radical (unpaired) electrons. The van der Waals surface area contributed by atoms with Gasteiger partial charge in [0.25, 0.3) is 5.91 Å². The lowest BCUT2D eigenvalue weighted by molar-refractivity contribution is -0.139. The van der Waals surface area contributed by atoms with Crippen LogP contribution in [0.2, 0.25) is 0 Å². The number of amides is 4. The van der Waals surface area contributed by atoms with E-state index in [2.05, 4.69) is 21.3 Å². The predicted octanol–water partition coefficient (Wildman–Crippen LogP) is 2.69. The van der Waals surface area contributed by atoms with Crippen LogP contribution in [0.4, 0.5) is 9.59 Å². The number of carbonyl (C=O) groups is 4. The molecule has 12 heteroatoms. The number of urea groups is 1. The fourth-order valence-corrected chi connectivity index (χ4v) is 3.57. The Balaban J connectivity index is 1.39. The summed E-state index contributed by atoms with van der Waals surface area (Å²) in [6, 6.07) is 18.7. The van der Waals surface area contributed by atoms with Crippen molar-refractivity contribution >= 4 is 24.0 Å². The molecule has 0 heterocycles. The van der Waals surface area contributed by atoms with Crippen LogP contribution in [0.5, 0.6) is 11.5 Å². The fourth-order valence-electron chi connectivity index (χ4n) is 3.57. The molecule has 0 aliphatic heterocycles. The van der Waals surface area contributed by atoms with Crippen molar-refractivity contribution in [3.05, 3.63) is 95.1 Å². The number of aryl methyl sites for hydroxylation is 1. The highest BCUT2D eigenvalue weighted by atomic mass is 16.5. The number of alkyl carbamates (subject to hydrolysis) is 1. The highest BCUT2D eigenvalue weighted by molar-refractivity contribution is 5.97. The highest BCUT2D eigenvalue weighted by Gasteiger charge is 2.22. The number of phenols is 1. The van der Waals surface area contributed by atoms with Gasteiger partial charge in [0.15, 0.2) is 0 Å². The Kier molecular flexibility index (Phi) is 11.3. The van der Waals surface area contributed by atoms with Gasteiger partial charge >= 0.3 is 18.1 Å². The summed E-state index contributed by atoms with van der Waals surface area (Å²) in [6.07, 6.45) is -0.960. The first-order valence-corrected chi connectivity index (χ1v) is 12.7. The van der Waals surface area contributed by atoms with Crippen LogP contribution < -0.4 is 26.0 Å². The fraction of sp³-hybridized carbons (Fsp3) is 0.241. The van der Waals surface area contributed by atoms with Crippen molar-refractivity contribution in [2.75, 3.05) is 19.7 Å². The Morgan fingerprint density at radius 3 is 2.34 bits per heavy atom. The van der Waals surface area contributed by atoms with Crippen LogP contribution in [0, 0.1) is 6.92 Å². The van der Waals surface area contributed by atoms with Gasteiger partial charge in [-0.3, -0.25) is 4.79 Å². The lowest BCUT2D eigenvalue weighted by Gasteiger charge is -2.16. The summed E-state index contributed by atoms with van der Waals surface area (Å²) < 4.78 is 10.5. The molecule has 0 aliphatic carbocycles. The van der Waals surface area contributed by atoms with Crippen molar-refractivity contribution in [3.8, 4) is 11.5 Å². The molecule has 0 fully saturated rings. The topological polar surface area (TPSA) is 175 Å². The van der Waals surface area contributed by atoms with Crippen LogP contribution in [0.15, 0.2) is 72.8 Å². The first-order valence-electron chi connectivity index (χ1n) is 12.7. The third-order valence-corrected chi connectivity index (χ3v) is 5.84. The molecular weight excluding hydrogens is 532 g/mol. The maximum Gasteiger partial charge on any atom is 0.408 e. The van der Waals surface area contributed by atoms with E-state index in [1.807, 2.05) is 31.2 Å². The number of rotatable bonds is 13. The van der Waals surface area contributed by atoms with Crippen molar-refractivity contribution in [1.29, 1.82) is 0 Å². The normalized spacial score (nSPS) is 11.0. The van der Waals surface area contributed by atoms with E-state index in [1.165, 1.54) is 18.2 Å². The molecule has 3 aromatic rings. The lowest BCUT2D eigenvalue weighted by atomic mass is 10.1. The van der Waals surface area contributed by atoms with E-state index in [0.29, 0.717) is 6.54 Å². The number of carboxylic acids is 1. The SMILES string of the molecule is Cc1ccccc1CNC(=O)NCCOc1ccc(C(=O)NC[C@H](NC(=O)OCc2ccccc2)C(=O)O)c(O)c1. The second-order valence-electron chi connectivity index (χ2n) is 8.87. The zero-order chi connectivity index (χ0) is 29.6. The zero-order valence-electron chi connectivity index (χ0n) is 22.4. The number of hydrogen-bond acceptors (Lipinski definition) is 7. The molecule has 4 amide bonds. The van der Waals surface area contributed by atoms with Gasteiger partial charge in [0.2, 0.25) is 0 Å². The molecule has 0 aliphatic rings. The molecule has 0 saturated carbocycles. The number of hydrogen-bond donors (Lipinski definition) is 6.